The lowest BCUT2D eigenvalue weighted by Crippen LogP contribution is -2.32. The summed E-state index contributed by atoms with van der Waals surface area (Å²) < 4.78 is 5.69. The fourth-order valence-corrected chi connectivity index (χ4v) is 2.24. The number of nitrogens with zero attached hydrogens (tertiary/aromatic N) is 1. The van der Waals surface area contributed by atoms with Gasteiger partial charge in [0.2, 0.25) is 0 Å². The number of hydrogen-bond acceptors (Lipinski definition) is 4. The molecule has 1 saturated heterocycles. The third-order valence-electron chi connectivity index (χ3n) is 3.43. The molecule has 2 N–H and O–H groups in total. The number of hydrogen-bond donors (Lipinski definition) is 2. The lowest BCUT2D eigenvalue weighted by molar-refractivity contribution is 0.0314. The number of rotatable bonds is 5. The Morgan fingerprint density at radius 3 is 2.95 bits per heavy atom. The van der Waals surface area contributed by atoms with Crippen molar-refractivity contribution in [3.63, 3.8) is 0 Å². The van der Waals surface area contributed by atoms with Crippen molar-refractivity contribution in [2.24, 2.45) is 0 Å². The van der Waals surface area contributed by atoms with Gasteiger partial charge < -0.3 is 15.2 Å². The number of ether oxygens (including phenoxy) is 1. The zero-order valence-corrected chi connectivity index (χ0v) is 11.4. The fraction of sp³-hybridized carbons (Fsp3) is 0.571. The Hall–Kier alpha value is -1.62. The topological polar surface area (TPSA) is 71.5 Å². The molecule has 0 bridgehead atoms. The SMILES string of the molecule is CCc1cc(C(=O)O)cc(NCC2(C)CCCO2)n1. The molecule has 5 nitrogen and oxygen atoms in total. The van der Waals surface area contributed by atoms with Crippen LogP contribution in [-0.2, 0) is 11.2 Å². The molecule has 0 spiro atoms. The minimum atomic E-state index is -0.927. The van der Waals surface area contributed by atoms with Crippen molar-refractivity contribution in [1.29, 1.82) is 0 Å². The quantitative estimate of drug-likeness (QED) is 0.854. The number of carbonyl (C=O) groups is 1. The van der Waals surface area contributed by atoms with Crippen molar-refractivity contribution in [2.75, 3.05) is 18.5 Å². The van der Waals surface area contributed by atoms with Crippen molar-refractivity contribution in [2.45, 2.75) is 38.7 Å². The molecule has 0 radical (unpaired) electrons. The first-order chi connectivity index (χ1) is 9.02. The zero-order chi connectivity index (χ0) is 13.9. The molecule has 0 aromatic carbocycles. The Morgan fingerprint density at radius 2 is 2.37 bits per heavy atom. The highest BCUT2D eigenvalue weighted by molar-refractivity contribution is 5.88. The van der Waals surface area contributed by atoms with Gasteiger partial charge in [-0.05, 0) is 38.3 Å². The van der Waals surface area contributed by atoms with E-state index in [-0.39, 0.29) is 11.2 Å². The Bertz CT molecular complexity index is 468. The number of carboxylic acid groups (broad SMARTS) is 1. The highest BCUT2D eigenvalue weighted by Crippen LogP contribution is 2.25. The molecule has 2 heterocycles. The summed E-state index contributed by atoms with van der Waals surface area (Å²) in [5, 5.41) is 12.3. The summed E-state index contributed by atoms with van der Waals surface area (Å²) >= 11 is 0. The Labute approximate surface area is 113 Å². The summed E-state index contributed by atoms with van der Waals surface area (Å²) in [4.78, 5) is 15.5. The molecule has 1 aromatic rings. The van der Waals surface area contributed by atoms with E-state index in [0.29, 0.717) is 18.8 Å². The predicted octanol–water partition coefficient (Wildman–Crippen LogP) is 2.32. The summed E-state index contributed by atoms with van der Waals surface area (Å²) in [5.74, 6) is -0.322. The normalized spacial score (nSPS) is 22.4. The fourth-order valence-electron chi connectivity index (χ4n) is 2.24. The van der Waals surface area contributed by atoms with Crippen LogP contribution < -0.4 is 5.32 Å². The third kappa shape index (κ3) is 3.44. The van der Waals surface area contributed by atoms with Crippen LogP contribution in [0.2, 0.25) is 0 Å². The first kappa shape index (κ1) is 13.8. The number of anilines is 1. The van der Waals surface area contributed by atoms with Crippen LogP contribution in [0.4, 0.5) is 5.82 Å². The minimum absolute atomic E-state index is 0.173. The summed E-state index contributed by atoms with van der Waals surface area (Å²) in [6.07, 6.45) is 2.80. The number of aromatic carboxylic acids is 1. The highest BCUT2D eigenvalue weighted by atomic mass is 16.5. The van der Waals surface area contributed by atoms with E-state index in [1.54, 1.807) is 12.1 Å². The minimum Gasteiger partial charge on any atom is -0.478 e. The molecule has 1 atom stereocenters. The first-order valence-corrected chi connectivity index (χ1v) is 6.64. The van der Waals surface area contributed by atoms with Gasteiger partial charge >= 0.3 is 5.97 Å². The summed E-state index contributed by atoms with van der Waals surface area (Å²) in [6, 6.07) is 3.18. The maximum absolute atomic E-state index is 11.1. The van der Waals surface area contributed by atoms with Gasteiger partial charge in [-0.1, -0.05) is 6.92 Å². The second kappa shape index (κ2) is 5.57. The van der Waals surface area contributed by atoms with Crippen molar-refractivity contribution in [3.05, 3.63) is 23.4 Å². The number of aryl methyl sites for hydroxylation is 1. The number of nitrogens with one attached hydrogen (secondary N) is 1. The van der Waals surface area contributed by atoms with E-state index in [4.69, 9.17) is 9.84 Å². The average molecular weight is 264 g/mol. The van der Waals surface area contributed by atoms with E-state index in [9.17, 15) is 4.79 Å². The molecule has 1 aliphatic rings. The van der Waals surface area contributed by atoms with Crippen LogP contribution >= 0.6 is 0 Å². The molecule has 104 valence electrons. The van der Waals surface area contributed by atoms with E-state index in [1.165, 1.54) is 0 Å². The molecular formula is C14H20N2O3. The maximum atomic E-state index is 11.1. The molecule has 5 heteroatoms. The summed E-state index contributed by atoms with van der Waals surface area (Å²) in [7, 11) is 0. The largest absolute Gasteiger partial charge is 0.478 e. The van der Waals surface area contributed by atoms with Crippen LogP contribution in [0.25, 0.3) is 0 Å². The maximum Gasteiger partial charge on any atom is 0.335 e. The van der Waals surface area contributed by atoms with Crippen LogP contribution in [0, 0.1) is 0 Å². The lowest BCUT2D eigenvalue weighted by atomic mass is 10.0. The molecule has 0 aliphatic carbocycles. The van der Waals surface area contributed by atoms with E-state index in [2.05, 4.69) is 17.2 Å². The van der Waals surface area contributed by atoms with Gasteiger partial charge in [-0.15, -0.1) is 0 Å². The highest BCUT2D eigenvalue weighted by Gasteiger charge is 2.29. The molecule has 19 heavy (non-hydrogen) atoms. The first-order valence-electron chi connectivity index (χ1n) is 6.64. The lowest BCUT2D eigenvalue weighted by Gasteiger charge is -2.23. The van der Waals surface area contributed by atoms with Crippen molar-refractivity contribution < 1.29 is 14.6 Å². The van der Waals surface area contributed by atoms with Gasteiger partial charge in [0, 0.05) is 18.8 Å². The van der Waals surface area contributed by atoms with E-state index < -0.39 is 5.97 Å². The predicted molar refractivity (Wildman–Crippen MR) is 72.7 cm³/mol. The molecule has 0 saturated carbocycles. The number of carboxylic acids is 1. The Kier molecular flexibility index (Phi) is 4.04. The smallest absolute Gasteiger partial charge is 0.335 e. The zero-order valence-electron chi connectivity index (χ0n) is 11.4. The summed E-state index contributed by atoms with van der Waals surface area (Å²) in [6.45, 7) is 5.46. The molecule has 0 amide bonds. The van der Waals surface area contributed by atoms with Crippen LogP contribution in [0.3, 0.4) is 0 Å². The summed E-state index contributed by atoms with van der Waals surface area (Å²) in [5.41, 5.74) is 0.875. The second-order valence-corrected chi connectivity index (χ2v) is 5.15. The Morgan fingerprint density at radius 1 is 1.58 bits per heavy atom. The standard InChI is InChI=1S/C14H20N2O3/c1-3-11-7-10(13(17)18)8-12(16-11)15-9-14(2)5-4-6-19-14/h7-8H,3-6,9H2,1-2H3,(H,15,16)(H,17,18). The number of pyridine rings is 1. The average Bonchev–Trinajstić information content (AvgIpc) is 2.83. The van der Waals surface area contributed by atoms with Gasteiger partial charge in [-0.25, -0.2) is 9.78 Å². The van der Waals surface area contributed by atoms with Crippen molar-refractivity contribution in [1.82, 2.24) is 4.98 Å². The van der Waals surface area contributed by atoms with Gasteiger partial charge in [-0.2, -0.15) is 0 Å². The van der Waals surface area contributed by atoms with Gasteiger partial charge in [0.15, 0.2) is 0 Å². The number of aromatic nitrogens is 1. The molecule has 1 fully saturated rings. The third-order valence-corrected chi connectivity index (χ3v) is 3.43. The molecule has 2 rings (SSSR count). The monoisotopic (exact) mass is 264 g/mol. The van der Waals surface area contributed by atoms with E-state index in [0.717, 1.165) is 25.1 Å². The van der Waals surface area contributed by atoms with Gasteiger partial charge in [0.1, 0.15) is 5.82 Å². The van der Waals surface area contributed by atoms with Crippen LogP contribution in [0.1, 0.15) is 42.7 Å². The van der Waals surface area contributed by atoms with Gasteiger partial charge in [-0.3, -0.25) is 0 Å². The van der Waals surface area contributed by atoms with Crippen LogP contribution in [-0.4, -0.2) is 34.8 Å². The molecular weight excluding hydrogens is 244 g/mol. The van der Waals surface area contributed by atoms with Gasteiger partial charge in [0.25, 0.3) is 0 Å². The Balaban J connectivity index is 2.10. The van der Waals surface area contributed by atoms with Crippen LogP contribution in [0.15, 0.2) is 12.1 Å². The molecule has 1 aromatic heterocycles. The van der Waals surface area contributed by atoms with Crippen molar-refractivity contribution in [3.8, 4) is 0 Å². The molecule has 1 aliphatic heterocycles. The van der Waals surface area contributed by atoms with E-state index in [1.807, 2.05) is 6.92 Å². The second-order valence-electron chi connectivity index (χ2n) is 5.15. The van der Waals surface area contributed by atoms with Crippen molar-refractivity contribution >= 4 is 11.8 Å². The molecule has 1 unspecified atom stereocenters. The van der Waals surface area contributed by atoms with Crippen LogP contribution in [0.5, 0.6) is 0 Å². The van der Waals surface area contributed by atoms with E-state index >= 15 is 0 Å². The van der Waals surface area contributed by atoms with Gasteiger partial charge in [0.05, 0.1) is 11.2 Å².